The highest BCUT2D eigenvalue weighted by Gasteiger charge is 2.23. The van der Waals surface area contributed by atoms with Gasteiger partial charge in [-0.15, -0.1) is 0 Å². The van der Waals surface area contributed by atoms with Gasteiger partial charge in [0.2, 0.25) is 5.78 Å². The van der Waals surface area contributed by atoms with Gasteiger partial charge < -0.3 is 10.2 Å². The molecule has 0 saturated heterocycles. The fourth-order valence-electron chi connectivity index (χ4n) is 1.53. The average Bonchev–Trinajstić information content (AvgIpc) is 2.22. The molecule has 1 atom stereocenters. The summed E-state index contributed by atoms with van der Waals surface area (Å²) in [6, 6.07) is 0. The monoisotopic (exact) mass is 216 g/mol. The van der Waals surface area contributed by atoms with Crippen LogP contribution in [0, 0.1) is 5.92 Å². The molecule has 0 aromatic rings. The van der Waals surface area contributed by atoms with Crippen LogP contribution in [-0.4, -0.2) is 28.6 Å². The summed E-state index contributed by atoms with van der Waals surface area (Å²) in [5.41, 5.74) is 0. The number of Topliss-reactive ketones (excluding diaryl/α,β-unsaturated/α-hetero) is 1. The van der Waals surface area contributed by atoms with Crippen LogP contribution in [0.5, 0.6) is 0 Å². The molecule has 0 spiro atoms. The molecule has 0 amide bonds. The molecule has 0 fully saturated rings. The highest BCUT2D eigenvalue weighted by atomic mass is 16.4. The summed E-state index contributed by atoms with van der Waals surface area (Å²) in [7, 11) is 0. The molecule has 0 bridgehead atoms. The summed E-state index contributed by atoms with van der Waals surface area (Å²) < 4.78 is 0. The van der Waals surface area contributed by atoms with Crippen LogP contribution in [0.25, 0.3) is 0 Å². The van der Waals surface area contributed by atoms with Crippen molar-refractivity contribution in [1.82, 2.24) is 0 Å². The number of aliphatic hydroxyl groups excluding tert-OH is 1. The number of hydrogen-bond donors (Lipinski definition) is 2. The zero-order chi connectivity index (χ0) is 11.7. The van der Waals surface area contributed by atoms with Gasteiger partial charge >= 0.3 is 5.97 Å². The fourth-order valence-corrected chi connectivity index (χ4v) is 1.53. The Labute approximate surface area is 90.3 Å². The van der Waals surface area contributed by atoms with Gasteiger partial charge in [0.25, 0.3) is 0 Å². The third-order valence-corrected chi connectivity index (χ3v) is 2.45. The number of ketones is 1. The van der Waals surface area contributed by atoms with Gasteiger partial charge in [-0.1, -0.05) is 26.2 Å². The van der Waals surface area contributed by atoms with Gasteiger partial charge in [-0.05, 0) is 19.3 Å². The van der Waals surface area contributed by atoms with Gasteiger partial charge in [-0.3, -0.25) is 4.79 Å². The molecule has 0 aliphatic carbocycles. The minimum Gasteiger partial charge on any atom is -0.475 e. The normalized spacial score (nSPS) is 12.4. The van der Waals surface area contributed by atoms with Crippen LogP contribution in [0.4, 0.5) is 0 Å². The van der Waals surface area contributed by atoms with Crippen molar-refractivity contribution in [2.24, 2.45) is 5.92 Å². The van der Waals surface area contributed by atoms with E-state index in [0.717, 1.165) is 12.8 Å². The third-order valence-electron chi connectivity index (χ3n) is 2.45. The first-order chi connectivity index (χ1) is 7.13. The summed E-state index contributed by atoms with van der Waals surface area (Å²) in [5.74, 6) is -2.38. The summed E-state index contributed by atoms with van der Waals surface area (Å²) in [5, 5.41) is 17.2. The topological polar surface area (TPSA) is 74.6 Å². The van der Waals surface area contributed by atoms with Crippen LogP contribution < -0.4 is 0 Å². The molecule has 88 valence electrons. The van der Waals surface area contributed by atoms with Crippen LogP contribution >= 0.6 is 0 Å². The number of carbonyl (C=O) groups excluding carboxylic acids is 1. The van der Waals surface area contributed by atoms with E-state index in [1.807, 2.05) is 6.92 Å². The predicted molar refractivity (Wildman–Crippen MR) is 56.6 cm³/mol. The molecular formula is C11H20O4. The molecule has 1 unspecified atom stereocenters. The second-order valence-electron chi connectivity index (χ2n) is 3.73. The van der Waals surface area contributed by atoms with Gasteiger partial charge in [0.1, 0.15) is 0 Å². The minimum absolute atomic E-state index is 0.0990. The van der Waals surface area contributed by atoms with Crippen molar-refractivity contribution >= 4 is 11.8 Å². The second kappa shape index (κ2) is 8.41. The zero-order valence-corrected chi connectivity index (χ0v) is 9.24. The first-order valence-electron chi connectivity index (χ1n) is 5.51. The van der Waals surface area contributed by atoms with Crippen molar-refractivity contribution in [1.29, 1.82) is 0 Å². The summed E-state index contributed by atoms with van der Waals surface area (Å²) in [6.45, 7) is 2.11. The number of hydrogen-bond acceptors (Lipinski definition) is 3. The SMILES string of the molecule is CCCCC(CCCCO)C(=O)C(=O)O. The van der Waals surface area contributed by atoms with E-state index in [0.29, 0.717) is 25.7 Å². The number of rotatable bonds is 9. The van der Waals surface area contributed by atoms with Gasteiger partial charge in [0.05, 0.1) is 0 Å². The van der Waals surface area contributed by atoms with E-state index >= 15 is 0 Å². The Hall–Kier alpha value is -0.900. The molecule has 2 N–H and O–H groups in total. The van der Waals surface area contributed by atoms with E-state index in [1.165, 1.54) is 0 Å². The zero-order valence-electron chi connectivity index (χ0n) is 9.24. The van der Waals surface area contributed by atoms with Crippen LogP contribution in [0.1, 0.15) is 45.4 Å². The standard InChI is InChI=1S/C11H20O4/c1-2-3-6-9(7-4-5-8-12)10(13)11(14)15/h9,12H,2-8H2,1H3,(H,14,15). The molecule has 0 radical (unpaired) electrons. The van der Waals surface area contributed by atoms with Crippen molar-refractivity contribution in [2.75, 3.05) is 6.61 Å². The molecular weight excluding hydrogens is 196 g/mol. The number of unbranched alkanes of at least 4 members (excludes halogenated alkanes) is 2. The van der Waals surface area contributed by atoms with Crippen molar-refractivity contribution in [3.05, 3.63) is 0 Å². The smallest absolute Gasteiger partial charge is 0.372 e. The Kier molecular flexibility index (Phi) is 7.91. The van der Waals surface area contributed by atoms with Crippen LogP contribution in [0.2, 0.25) is 0 Å². The molecule has 0 aliphatic heterocycles. The lowest BCUT2D eigenvalue weighted by atomic mass is 9.92. The van der Waals surface area contributed by atoms with Crippen molar-refractivity contribution in [2.45, 2.75) is 45.4 Å². The first-order valence-corrected chi connectivity index (χ1v) is 5.51. The molecule has 0 saturated carbocycles. The Morgan fingerprint density at radius 2 is 1.73 bits per heavy atom. The average molecular weight is 216 g/mol. The highest BCUT2D eigenvalue weighted by molar-refractivity contribution is 6.33. The Morgan fingerprint density at radius 3 is 2.20 bits per heavy atom. The van der Waals surface area contributed by atoms with Crippen LogP contribution in [-0.2, 0) is 9.59 Å². The van der Waals surface area contributed by atoms with Crippen LogP contribution in [0.15, 0.2) is 0 Å². The highest BCUT2D eigenvalue weighted by Crippen LogP contribution is 2.17. The van der Waals surface area contributed by atoms with E-state index in [9.17, 15) is 9.59 Å². The lowest BCUT2D eigenvalue weighted by molar-refractivity contribution is -0.151. The molecule has 0 aliphatic rings. The first kappa shape index (κ1) is 14.1. The lowest BCUT2D eigenvalue weighted by Crippen LogP contribution is -2.23. The van der Waals surface area contributed by atoms with Crippen molar-refractivity contribution < 1.29 is 19.8 Å². The predicted octanol–water partition coefficient (Wildman–Crippen LogP) is 1.61. The Bertz CT molecular complexity index is 201. The molecule has 0 aromatic heterocycles. The summed E-state index contributed by atoms with van der Waals surface area (Å²) >= 11 is 0. The maximum Gasteiger partial charge on any atom is 0.372 e. The molecule has 0 aromatic carbocycles. The third kappa shape index (κ3) is 6.23. The number of carboxylic acids is 1. The molecule has 0 rings (SSSR count). The largest absolute Gasteiger partial charge is 0.475 e. The molecule has 4 nitrogen and oxygen atoms in total. The maximum atomic E-state index is 11.3. The fraction of sp³-hybridized carbons (Fsp3) is 0.818. The van der Waals surface area contributed by atoms with E-state index < -0.39 is 11.8 Å². The maximum absolute atomic E-state index is 11.3. The van der Waals surface area contributed by atoms with Gasteiger partial charge in [-0.2, -0.15) is 0 Å². The summed E-state index contributed by atoms with van der Waals surface area (Å²) in [6.07, 6.45) is 4.41. The quantitative estimate of drug-likeness (QED) is 0.453. The Balaban J connectivity index is 4.05. The molecule has 0 heterocycles. The minimum atomic E-state index is -1.33. The second-order valence-corrected chi connectivity index (χ2v) is 3.73. The van der Waals surface area contributed by atoms with Crippen molar-refractivity contribution in [3.63, 3.8) is 0 Å². The Morgan fingerprint density at radius 1 is 1.13 bits per heavy atom. The molecule has 15 heavy (non-hydrogen) atoms. The number of carboxylic acid groups (broad SMARTS) is 1. The number of aliphatic carboxylic acids is 1. The van der Waals surface area contributed by atoms with E-state index in [1.54, 1.807) is 0 Å². The van der Waals surface area contributed by atoms with Crippen LogP contribution in [0.3, 0.4) is 0 Å². The number of carbonyl (C=O) groups is 2. The lowest BCUT2D eigenvalue weighted by Gasteiger charge is -2.12. The van der Waals surface area contributed by atoms with Gasteiger partial charge in [0.15, 0.2) is 0 Å². The number of aliphatic hydroxyl groups is 1. The summed E-state index contributed by atoms with van der Waals surface area (Å²) in [4.78, 5) is 21.8. The van der Waals surface area contributed by atoms with Gasteiger partial charge in [-0.25, -0.2) is 4.79 Å². The van der Waals surface area contributed by atoms with E-state index in [2.05, 4.69) is 0 Å². The van der Waals surface area contributed by atoms with E-state index in [-0.39, 0.29) is 12.5 Å². The molecule has 4 heteroatoms. The van der Waals surface area contributed by atoms with Crippen molar-refractivity contribution in [3.8, 4) is 0 Å². The van der Waals surface area contributed by atoms with Gasteiger partial charge in [0, 0.05) is 12.5 Å². The van der Waals surface area contributed by atoms with E-state index in [4.69, 9.17) is 10.2 Å².